The number of carbonyl (C=O) groups excluding carboxylic acids is 2. The third-order valence-electron chi connectivity index (χ3n) is 4.12. The molecule has 0 bridgehead atoms. The Morgan fingerprint density at radius 3 is 2.42 bits per heavy atom. The summed E-state index contributed by atoms with van der Waals surface area (Å²) in [6.07, 6.45) is 1.58. The first-order valence-corrected chi connectivity index (χ1v) is 7.99. The number of nitrogens with zero attached hydrogens (tertiary/aromatic N) is 2. The van der Waals surface area contributed by atoms with Crippen LogP contribution in [0.15, 0.2) is 39.4 Å². The molecule has 128 valence electrons. The third kappa shape index (κ3) is 3.45. The summed E-state index contributed by atoms with van der Waals surface area (Å²) in [5.74, 6) is 1.64. The van der Waals surface area contributed by atoms with Crippen LogP contribution in [0, 0.1) is 6.92 Å². The van der Waals surface area contributed by atoms with Crippen molar-refractivity contribution in [3.63, 3.8) is 0 Å². The molecule has 7 heteroatoms. The highest BCUT2D eigenvalue weighted by molar-refractivity contribution is 5.91. The Morgan fingerprint density at radius 2 is 1.83 bits per heavy atom. The molecule has 1 saturated heterocycles. The molecule has 1 atom stereocenters. The van der Waals surface area contributed by atoms with Crippen LogP contribution < -0.4 is 5.32 Å². The van der Waals surface area contributed by atoms with E-state index < -0.39 is 0 Å². The van der Waals surface area contributed by atoms with Crippen LogP contribution in [0.4, 0.5) is 4.79 Å². The number of aryl methyl sites for hydroxylation is 1. The van der Waals surface area contributed by atoms with Gasteiger partial charge in [-0.15, -0.1) is 0 Å². The van der Waals surface area contributed by atoms with E-state index in [1.807, 2.05) is 13.0 Å². The minimum absolute atomic E-state index is 0.132. The van der Waals surface area contributed by atoms with Gasteiger partial charge in [0, 0.05) is 26.2 Å². The number of carbonyl (C=O) groups is 2. The molecular formula is C17H21N3O4. The molecule has 1 fully saturated rings. The van der Waals surface area contributed by atoms with Gasteiger partial charge < -0.3 is 24.0 Å². The summed E-state index contributed by atoms with van der Waals surface area (Å²) < 4.78 is 10.7. The zero-order valence-electron chi connectivity index (χ0n) is 13.8. The van der Waals surface area contributed by atoms with E-state index in [4.69, 9.17) is 8.83 Å². The highest BCUT2D eigenvalue weighted by atomic mass is 16.4. The molecule has 2 aromatic rings. The lowest BCUT2D eigenvalue weighted by atomic mass is 10.2. The van der Waals surface area contributed by atoms with E-state index >= 15 is 0 Å². The van der Waals surface area contributed by atoms with Crippen molar-refractivity contribution >= 4 is 11.9 Å². The normalized spacial score (nSPS) is 16.1. The van der Waals surface area contributed by atoms with Gasteiger partial charge in [-0.2, -0.15) is 0 Å². The van der Waals surface area contributed by atoms with Gasteiger partial charge in [0.25, 0.3) is 5.91 Å². The Morgan fingerprint density at radius 1 is 1.12 bits per heavy atom. The van der Waals surface area contributed by atoms with Crippen molar-refractivity contribution in [2.45, 2.75) is 19.9 Å². The Labute approximate surface area is 140 Å². The van der Waals surface area contributed by atoms with Gasteiger partial charge in [-0.3, -0.25) is 4.79 Å². The summed E-state index contributed by atoms with van der Waals surface area (Å²) >= 11 is 0. The summed E-state index contributed by atoms with van der Waals surface area (Å²) in [5.41, 5.74) is 0. The smallest absolute Gasteiger partial charge is 0.318 e. The average Bonchev–Trinajstić information content (AvgIpc) is 3.26. The molecule has 3 rings (SSSR count). The first kappa shape index (κ1) is 16.2. The number of piperazine rings is 1. The van der Waals surface area contributed by atoms with Crippen molar-refractivity contribution in [3.05, 3.63) is 47.8 Å². The highest BCUT2D eigenvalue weighted by Crippen LogP contribution is 2.15. The van der Waals surface area contributed by atoms with E-state index in [1.165, 1.54) is 0 Å². The number of urea groups is 1. The van der Waals surface area contributed by atoms with E-state index in [-0.39, 0.29) is 18.0 Å². The van der Waals surface area contributed by atoms with Crippen LogP contribution in [-0.2, 0) is 0 Å². The van der Waals surface area contributed by atoms with Gasteiger partial charge in [0.15, 0.2) is 5.76 Å². The van der Waals surface area contributed by atoms with E-state index in [0.717, 1.165) is 0 Å². The number of nitrogens with one attached hydrogen (secondary N) is 1. The topological polar surface area (TPSA) is 78.9 Å². The van der Waals surface area contributed by atoms with Gasteiger partial charge in [0.05, 0.1) is 12.3 Å². The monoisotopic (exact) mass is 331 g/mol. The standard InChI is InChI=1S/C17H21N3O4/c1-12-5-6-15(24-12)16(21)19-7-9-20(10-8-19)17(22)18-13(2)14-4-3-11-23-14/h3-6,11,13H,7-10H2,1-2H3,(H,18,22). The van der Waals surface area contributed by atoms with Gasteiger partial charge in [0.2, 0.25) is 0 Å². The van der Waals surface area contributed by atoms with Crippen LogP contribution >= 0.6 is 0 Å². The first-order valence-electron chi connectivity index (χ1n) is 7.99. The van der Waals surface area contributed by atoms with Gasteiger partial charge >= 0.3 is 6.03 Å². The second-order valence-electron chi connectivity index (χ2n) is 5.88. The third-order valence-corrected chi connectivity index (χ3v) is 4.12. The van der Waals surface area contributed by atoms with Crippen LogP contribution in [0.2, 0.25) is 0 Å². The van der Waals surface area contributed by atoms with Crippen LogP contribution in [0.5, 0.6) is 0 Å². The number of hydrogen-bond donors (Lipinski definition) is 1. The van der Waals surface area contributed by atoms with E-state index in [1.54, 1.807) is 41.2 Å². The highest BCUT2D eigenvalue weighted by Gasteiger charge is 2.27. The Kier molecular flexibility index (Phi) is 4.59. The number of furan rings is 2. The Balaban J connectivity index is 1.51. The quantitative estimate of drug-likeness (QED) is 0.937. The van der Waals surface area contributed by atoms with Crippen molar-refractivity contribution < 1.29 is 18.4 Å². The molecule has 1 aliphatic rings. The lowest BCUT2D eigenvalue weighted by molar-refractivity contribution is 0.0631. The molecule has 1 unspecified atom stereocenters. The predicted molar refractivity (Wildman–Crippen MR) is 86.6 cm³/mol. The fourth-order valence-corrected chi connectivity index (χ4v) is 2.70. The van der Waals surface area contributed by atoms with Crippen LogP contribution in [0.3, 0.4) is 0 Å². The van der Waals surface area contributed by atoms with Gasteiger partial charge in [-0.1, -0.05) is 0 Å². The predicted octanol–water partition coefficient (Wildman–Crippen LogP) is 2.41. The van der Waals surface area contributed by atoms with Crippen molar-refractivity contribution in [2.24, 2.45) is 0 Å². The molecule has 7 nitrogen and oxygen atoms in total. The summed E-state index contributed by atoms with van der Waals surface area (Å²) in [7, 11) is 0. The average molecular weight is 331 g/mol. The molecule has 24 heavy (non-hydrogen) atoms. The minimum atomic E-state index is -0.196. The van der Waals surface area contributed by atoms with Crippen LogP contribution in [0.1, 0.15) is 35.0 Å². The summed E-state index contributed by atoms with van der Waals surface area (Å²) in [6.45, 7) is 5.63. The molecule has 0 aliphatic carbocycles. The second kappa shape index (κ2) is 6.82. The summed E-state index contributed by atoms with van der Waals surface area (Å²) in [5, 5.41) is 2.90. The number of hydrogen-bond acceptors (Lipinski definition) is 4. The first-order chi connectivity index (χ1) is 11.5. The molecule has 0 aromatic carbocycles. The maximum absolute atomic E-state index is 12.3. The lowest BCUT2D eigenvalue weighted by Gasteiger charge is -2.34. The zero-order chi connectivity index (χ0) is 17.1. The second-order valence-corrected chi connectivity index (χ2v) is 5.88. The minimum Gasteiger partial charge on any atom is -0.467 e. The zero-order valence-corrected chi connectivity index (χ0v) is 13.8. The molecule has 2 aromatic heterocycles. The molecule has 1 N–H and O–H groups in total. The number of rotatable bonds is 3. The molecular weight excluding hydrogens is 310 g/mol. The fraction of sp³-hybridized carbons (Fsp3) is 0.412. The Bertz CT molecular complexity index is 699. The largest absolute Gasteiger partial charge is 0.467 e. The van der Waals surface area contributed by atoms with Gasteiger partial charge in [0.1, 0.15) is 11.5 Å². The van der Waals surface area contributed by atoms with Crippen molar-refractivity contribution in [2.75, 3.05) is 26.2 Å². The molecule has 3 heterocycles. The molecule has 3 amide bonds. The Hall–Kier alpha value is -2.70. The van der Waals surface area contributed by atoms with Crippen molar-refractivity contribution in [1.29, 1.82) is 0 Å². The van der Waals surface area contributed by atoms with Crippen molar-refractivity contribution in [3.8, 4) is 0 Å². The van der Waals surface area contributed by atoms with Crippen molar-refractivity contribution in [1.82, 2.24) is 15.1 Å². The molecule has 1 aliphatic heterocycles. The maximum Gasteiger partial charge on any atom is 0.318 e. The summed E-state index contributed by atoms with van der Waals surface area (Å²) in [4.78, 5) is 28.0. The van der Waals surface area contributed by atoms with E-state index in [9.17, 15) is 9.59 Å². The van der Waals surface area contributed by atoms with Crippen LogP contribution in [0.25, 0.3) is 0 Å². The van der Waals surface area contributed by atoms with Gasteiger partial charge in [-0.05, 0) is 38.1 Å². The SMILES string of the molecule is Cc1ccc(C(=O)N2CCN(C(=O)NC(C)c3ccco3)CC2)o1. The molecule has 0 radical (unpaired) electrons. The molecule has 0 spiro atoms. The summed E-state index contributed by atoms with van der Waals surface area (Å²) in [6, 6.07) is 6.72. The van der Waals surface area contributed by atoms with Gasteiger partial charge in [-0.25, -0.2) is 4.79 Å². The molecule has 0 saturated carbocycles. The lowest BCUT2D eigenvalue weighted by Crippen LogP contribution is -2.53. The fourth-order valence-electron chi connectivity index (χ4n) is 2.70. The van der Waals surface area contributed by atoms with E-state index in [0.29, 0.717) is 43.5 Å². The number of amides is 3. The van der Waals surface area contributed by atoms with E-state index in [2.05, 4.69) is 5.32 Å². The van der Waals surface area contributed by atoms with Crippen LogP contribution in [-0.4, -0.2) is 47.9 Å². The maximum atomic E-state index is 12.3.